The van der Waals surface area contributed by atoms with Crippen LogP contribution in [-0.4, -0.2) is 31.1 Å². The number of ether oxygens (including phenoxy) is 1. The van der Waals surface area contributed by atoms with Crippen molar-refractivity contribution >= 4 is 35.3 Å². The third-order valence-corrected chi connectivity index (χ3v) is 7.15. The topological polar surface area (TPSA) is 58.6 Å². The van der Waals surface area contributed by atoms with Crippen LogP contribution in [0.2, 0.25) is 0 Å². The third-order valence-electron chi connectivity index (χ3n) is 6.07. The summed E-state index contributed by atoms with van der Waals surface area (Å²) in [5, 5.41) is 2.92. The summed E-state index contributed by atoms with van der Waals surface area (Å²) in [6.45, 7) is 1.61. The molecule has 0 aromatic heterocycles. The lowest BCUT2D eigenvalue weighted by Crippen LogP contribution is -2.33. The molecule has 0 radical (unpaired) electrons. The number of rotatable bonds is 6. The van der Waals surface area contributed by atoms with Crippen molar-refractivity contribution in [3.8, 4) is 0 Å². The van der Waals surface area contributed by atoms with Gasteiger partial charge in [0.15, 0.2) is 0 Å². The summed E-state index contributed by atoms with van der Waals surface area (Å²) in [5.74, 6) is -0.558. The molecule has 35 heavy (non-hydrogen) atoms. The Kier molecular flexibility index (Phi) is 6.97. The summed E-state index contributed by atoms with van der Waals surface area (Å²) in [6, 6.07) is 21.2. The second kappa shape index (κ2) is 10.5. The molecule has 2 aliphatic rings. The number of halogens is 1. The molecule has 2 heterocycles. The smallest absolute Gasteiger partial charge is 0.265 e. The van der Waals surface area contributed by atoms with E-state index in [1.165, 1.54) is 23.9 Å². The molecule has 1 atom stereocenters. The number of nitrogens with one attached hydrogen (secondary N) is 1. The molecule has 2 aliphatic heterocycles. The average Bonchev–Trinajstić information content (AvgIpc) is 3.40. The quantitative estimate of drug-likeness (QED) is 0.471. The van der Waals surface area contributed by atoms with E-state index in [4.69, 9.17) is 4.74 Å². The van der Waals surface area contributed by atoms with Gasteiger partial charge in [0.1, 0.15) is 5.82 Å². The first kappa shape index (κ1) is 23.3. The second-order valence-corrected chi connectivity index (χ2v) is 9.65. The molecule has 2 amide bonds. The van der Waals surface area contributed by atoms with E-state index in [0.29, 0.717) is 23.6 Å². The molecule has 1 unspecified atom stereocenters. The van der Waals surface area contributed by atoms with E-state index >= 15 is 0 Å². The summed E-state index contributed by atoms with van der Waals surface area (Å²) in [4.78, 5) is 29.2. The summed E-state index contributed by atoms with van der Waals surface area (Å²) >= 11 is 1.43. The number of nitrogens with zero attached hydrogens (tertiary/aromatic N) is 1. The molecule has 178 valence electrons. The normalized spacial score (nSPS) is 18.5. The van der Waals surface area contributed by atoms with Gasteiger partial charge >= 0.3 is 0 Å². The van der Waals surface area contributed by atoms with E-state index in [1.807, 2.05) is 42.5 Å². The second-order valence-electron chi connectivity index (χ2n) is 8.56. The maximum absolute atomic E-state index is 13.4. The monoisotopic (exact) mass is 488 g/mol. The highest BCUT2D eigenvalue weighted by Gasteiger charge is 2.29. The van der Waals surface area contributed by atoms with Crippen molar-refractivity contribution < 1.29 is 18.7 Å². The Bertz CT molecular complexity index is 1250. The van der Waals surface area contributed by atoms with E-state index in [2.05, 4.69) is 5.32 Å². The third kappa shape index (κ3) is 5.47. The van der Waals surface area contributed by atoms with Gasteiger partial charge in [-0.1, -0.05) is 48.2 Å². The predicted molar refractivity (Wildman–Crippen MR) is 136 cm³/mol. The van der Waals surface area contributed by atoms with Crippen molar-refractivity contribution in [1.82, 2.24) is 5.32 Å². The maximum Gasteiger partial charge on any atom is 0.265 e. The Labute approximate surface area is 208 Å². The van der Waals surface area contributed by atoms with Crippen molar-refractivity contribution in [2.45, 2.75) is 30.4 Å². The lowest BCUT2D eigenvalue weighted by atomic mass is 10.1. The molecule has 3 aromatic carbocycles. The van der Waals surface area contributed by atoms with Crippen molar-refractivity contribution in [2.24, 2.45) is 0 Å². The Hall–Kier alpha value is -3.42. The molecule has 1 N–H and O–H groups in total. The van der Waals surface area contributed by atoms with Gasteiger partial charge < -0.3 is 15.0 Å². The highest BCUT2D eigenvalue weighted by molar-refractivity contribution is 8.04. The van der Waals surface area contributed by atoms with Gasteiger partial charge in [0.05, 0.1) is 23.2 Å². The maximum atomic E-state index is 13.4. The van der Waals surface area contributed by atoms with E-state index in [1.54, 1.807) is 29.2 Å². The molecule has 0 saturated carbocycles. The van der Waals surface area contributed by atoms with Gasteiger partial charge in [-0.2, -0.15) is 0 Å². The molecule has 7 heteroatoms. The minimum absolute atomic E-state index is 0.0954. The number of hydrogen-bond acceptors (Lipinski definition) is 4. The van der Waals surface area contributed by atoms with Crippen LogP contribution in [0.3, 0.4) is 0 Å². The van der Waals surface area contributed by atoms with Crippen molar-refractivity contribution in [2.75, 3.05) is 18.1 Å². The molecular weight excluding hydrogens is 463 g/mol. The van der Waals surface area contributed by atoms with Crippen LogP contribution in [0.5, 0.6) is 0 Å². The first-order chi connectivity index (χ1) is 17.1. The molecule has 0 aliphatic carbocycles. The van der Waals surface area contributed by atoms with Crippen LogP contribution in [-0.2, 0) is 16.1 Å². The number of hydrogen-bond donors (Lipinski definition) is 1. The zero-order valence-corrected chi connectivity index (χ0v) is 19.9. The lowest BCUT2D eigenvalue weighted by molar-refractivity contribution is -0.114. The van der Waals surface area contributed by atoms with Crippen molar-refractivity contribution in [1.29, 1.82) is 0 Å². The van der Waals surface area contributed by atoms with Gasteiger partial charge in [-0.25, -0.2) is 4.39 Å². The van der Waals surface area contributed by atoms with E-state index in [-0.39, 0.29) is 23.7 Å². The fourth-order valence-electron chi connectivity index (χ4n) is 4.19. The number of fused-ring (bicyclic) bond motifs is 1. The van der Waals surface area contributed by atoms with Gasteiger partial charge in [0, 0.05) is 23.6 Å². The van der Waals surface area contributed by atoms with E-state index in [9.17, 15) is 14.0 Å². The molecule has 3 aromatic rings. The number of thioether (sulfide) groups is 1. The molecule has 1 saturated heterocycles. The zero-order chi connectivity index (χ0) is 24.2. The number of amides is 2. The Balaban J connectivity index is 1.33. The first-order valence-electron chi connectivity index (χ1n) is 11.6. The van der Waals surface area contributed by atoms with Crippen molar-refractivity contribution in [3.63, 3.8) is 0 Å². The Morgan fingerprint density at radius 3 is 2.60 bits per heavy atom. The molecular formula is C28H25FN2O3S. The number of benzene rings is 3. The van der Waals surface area contributed by atoms with Crippen LogP contribution in [0.1, 0.15) is 34.3 Å². The zero-order valence-electron chi connectivity index (χ0n) is 19.1. The molecule has 5 rings (SSSR count). The van der Waals surface area contributed by atoms with Gasteiger partial charge in [0.25, 0.3) is 11.8 Å². The largest absolute Gasteiger partial charge is 0.376 e. The van der Waals surface area contributed by atoms with Crippen LogP contribution in [0, 0.1) is 5.82 Å². The highest BCUT2D eigenvalue weighted by atomic mass is 32.2. The van der Waals surface area contributed by atoms with E-state index < -0.39 is 0 Å². The SMILES string of the molecule is O=C(NCC1CCCO1)c1ccc(C=C2Sc3ccccc3N(Cc3ccc(F)cc3)C2=O)cc1. The summed E-state index contributed by atoms with van der Waals surface area (Å²) in [6.07, 6.45) is 3.94. The predicted octanol–water partition coefficient (Wildman–Crippen LogP) is 5.41. The summed E-state index contributed by atoms with van der Waals surface area (Å²) in [7, 11) is 0. The first-order valence-corrected chi connectivity index (χ1v) is 12.4. The minimum atomic E-state index is -0.306. The van der Waals surface area contributed by atoms with Crippen LogP contribution in [0.15, 0.2) is 82.6 Å². The molecule has 0 bridgehead atoms. The summed E-state index contributed by atoms with van der Waals surface area (Å²) < 4.78 is 18.9. The van der Waals surface area contributed by atoms with Crippen LogP contribution in [0.4, 0.5) is 10.1 Å². The molecule has 0 spiro atoms. The van der Waals surface area contributed by atoms with Crippen molar-refractivity contribution in [3.05, 3.63) is 100 Å². The fraction of sp³-hybridized carbons (Fsp3) is 0.214. The Morgan fingerprint density at radius 2 is 1.86 bits per heavy atom. The standard InChI is InChI=1S/C28H25FN2O3S/c29-22-13-9-20(10-14-22)18-31-24-5-1-2-6-25(24)35-26(28(31)33)16-19-7-11-21(12-8-19)27(32)30-17-23-4-3-15-34-23/h1-2,5-14,16,23H,3-4,15,17-18H2,(H,30,32). The average molecular weight is 489 g/mol. The highest BCUT2D eigenvalue weighted by Crippen LogP contribution is 2.42. The van der Waals surface area contributed by atoms with Gasteiger partial charge in [0.2, 0.25) is 0 Å². The van der Waals surface area contributed by atoms with E-state index in [0.717, 1.165) is 41.2 Å². The van der Waals surface area contributed by atoms with Crippen LogP contribution < -0.4 is 10.2 Å². The van der Waals surface area contributed by atoms with Gasteiger partial charge in [-0.3, -0.25) is 9.59 Å². The van der Waals surface area contributed by atoms with Crippen LogP contribution in [0.25, 0.3) is 6.08 Å². The van der Waals surface area contributed by atoms with Gasteiger partial charge in [-0.05, 0) is 66.4 Å². The van der Waals surface area contributed by atoms with Gasteiger partial charge in [-0.15, -0.1) is 0 Å². The number of para-hydroxylation sites is 1. The minimum Gasteiger partial charge on any atom is -0.376 e. The summed E-state index contributed by atoms with van der Waals surface area (Å²) in [5.41, 5.74) is 3.08. The lowest BCUT2D eigenvalue weighted by Gasteiger charge is -2.30. The number of anilines is 1. The van der Waals surface area contributed by atoms with Crippen LogP contribution >= 0.6 is 11.8 Å². The fourth-order valence-corrected chi connectivity index (χ4v) is 5.25. The molecule has 5 nitrogen and oxygen atoms in total. The number of carbonyl (C=O) groups excluding carboxylic acids is 2. The number of carbonyl (C=O) groups is 2. The Morgan fingerprint density at radius 1 is 1.09 bits per heavy atom. The molecule has 1 fully saturated rings.